The van der Waals surface area contributed by atoms with E-state index in [0.717, 1.165) is 51.3 Å². The first-order valence-electron chi connectivity index (χ1n) is 8.55. The lowest BCUT2D eigenvalue weighted by atomic mass is 9.76. The van der Waals surface area contributed by atoms with Crippen LogP contribution in [0.5, 0.6) is 0 Å². The molecule has 4 rings (SSSR count). The van der Waals surface area contributed by atoms with Crippen molar-refractivity contribution in [3.05, 3.63) is 47.1 Å². The van der Waals surface area contributed by atoms with Crippen molar-refractivity contribution in [2.75, 3.05) is 26.3 Å². The molecule has 1 atom stereocenters. The number of ether oxygens (including phenoxy) is 1. The van der Waals surface area contributed by atoms with Crippen LogP contribution < -0.4 is 5.73 Å². The van der Waals surface area contributed by atoms with Gasteiger partial charge in [0.15, 0.2) is 0 Å². The summed E-state index contributed by atoms with van der Waals surface area (Å²) in [7, 11) is 0. The average molecular weight is 346 g/mol. The third-order valence-corrected chi connectivity index (χ3v) is 6.56. The van der Waals surface area contributed by atoms with Crippen LogP contribution in [0.15, 0.2) is 36.4 Å². The van der Waals surface area contributed by atoms with Gasteiger partial charge < -0.3 is 10.5 Å². The molecule has 2 aromatic rings. The topological polar surface area (TPSA) is 38.5 Å². The van der Waals surface area contributed by atoms with Crippen LogP contribution in [0.3, 0.4) is 0 Å². The van der Waals surface area contributed by atoms with E-state index in [1.165, 1.54) is 21.9 Å². The molecular formula is C19H23FN2OS. The fourth-order valence-corrected chi connectivity index (χ4v) is 5.03. The number of hydrogen-bond acceptors (Lipinski definition) is 4. The summed E-state index contributed by atoms with van der Waals surface area (Å²) in [5.74, 6) is -0.191. The highest BCUT2D eigenvalue weighted by atomic mass is 32.1. The molecule has 3 nitrogen and oxygen atoms in total. The van der Waals surface area contributed by atoms with Crippen LogP contribution in [-0.2, 0) is 11.3 Å². The molecular weight excluding hydrogens is 323 g/mol. The molecule has 5 heteroatoms. The van der Waals surface area contributed by atoms with E-state index >= 15 is 0 Å². The SMILES string of the molecule is NC1CN(Cc2ccc(-c3ccc(F)cc3)s2)CC12CCOCC2. The molecule has 2 fully saturated rings. The first-order valence-corrected chi connectivity index (χ1v) is 9.37. The molecule has 2 N–H and O–H groups in total. The van der Waals surface area contributed by atoms with Crippen LogP contribution >= 0.6 is 11.3 Å². The molecule has 0 bridgehead atoms. The van der Waals surface area contributed by atoms with Gasteiger partial charge in [-0.1, -0.05) is 12.1 Å². The largest absolute Gasteiger partial charge is 0.381 e. The number of hydrogen-bond donors (Lipinski definition) is 1. The predicted molar refractivity (Wildman–Crippen MR) is 95.5 cm³/mol. The molecule has 0 aliphatic carbocycles. The molecule has 1 spiro atoms. The molecule has 2 aliphatic heterocycles. The van der Waals surface area contributed by atoms with Crippen LogP contribution in [-0.4, -0.2) is 37.2 Å². The third-order valence-electron chi connectivity index (χ3n) is 5.44. The third kappa shape index (κ3) is 3.14. The fourth-order valence-electron chi connectivity index (χ4n) is 3.98. The van der Waals surface area contributed by atoms with E-state index in [2.05, 4.69) is 17.0 Å². The maximum Gasteiger partial charge on any atom is 0.123 e. The molecule has 1 aromatic heterocycles. The van der Waals surface area contributed by atoms with Crippen molar-refractivity contribution in [3.8, 4) is 10.4 Å². The maximum atomic E-state index is 13.1. The van der Waals surface area contributed by atoms with Gasteiger partial charge in [-0.05, 0) is 42.7 Å². The number of nitrogens with two attached hydrogens (primary N) is 1. The number of nitrogens with zero attached hydrogens (tertiary/aromatic N) is 1. The van der Waals surface area contributed by atoms with Crippen molar-refractivity contribution < 1.29 is 9.13 Å². The van der Waals surface area contributed by atoms with Gasteiger partial charge in [0, 0.05) is 54.1 Å². The number of benzene rings is 1. The second-order valence-electron chi connectivity index (χ2n) is 7.02. The van der Waals surface area contributed by atoms with E-state index in [1.54, 1.807) is 11.3 Å². The Bertz CT molecular complexity index is 694. The van der Waals surface area contributed by atoms with E-state index in [-0.39, 0.29) is 17.3 Å². The zero-order chi connectivity index (χ0) is 16.6. The highest BCUT2D eigenvalue weighted by Gasteiger charge is 2.45. The molecule has 2 aliphatic rings. The summed E-state index contributed by atoms with van der Waals surface area (Å²) in [6.07, 6.45) is 2.16. The fraction of sp³-hybridized carbons (Fsp3) is 0.474. The normalized spacial score (nSPS) is 23.8. The number of likely N-dealkylation sites (tertiary alicyclic amines) is 1. The second-order valence-corrected chi connectivity index (χ2v) is 8.19. The molecule has 24 heavy (non-hydrogen) atoms. The lowest BCUT2D eigenvalue weighted by molar-refractivity contribution is 0.0129. The van der Waals surface area contributed by atoms with Crippen LogP contribution in [0.2, 0.25) is 0 Å². The van der Waals surface area contributed by atoms with Gasteiger partial charge in [-0.15, -0.1) is 11.3 Å². The molecule has 1 unspecified atom stereocenters. The van der Waals surface area contributed by atoms with Gasteiger partial charge in [-0.2, -0.15) is 0 Å². The molecule has 0 radical (unpaired) electrons. The van der Waals surface area contributed by atoms with Gasteiger partial charge in [-0.3, -0.25) is 4.90 Å². The summed E-state index contributed by atoms with van der Waals surface area (Å²) in [6.45, 7) is 4.66. The Morgan fingerprint density at radius 3 is 2.67 bits per heavy atom. The first-order chi connectivity index (χ1) is 11.6. The average Bonchev–Trinajstić information content (AvgIpc) is 3.15. The number of thiophene rings is 1. The van der Waals surface area contributed by atoms with Crippen molar-refractivity contribution in [2.24, 2.45) is 11.1 Å². The zero-order valence-electron chi connectivity index (χ0n) is 13.7. The van der Waals surface area contributed by atoms with E-state index in [0.29, 0.717) is 0 Å². The Morgan fingerprint density at radius 1 is 1.17 bits per heavy atom. The molecule has 0 amide bonds. The highest BCUT2D eigenvalue weighted by Crippen LogP contribution is 2.40. The highest BCUT2D eigenvalue weighted by molar-refractivity contribution is 7.15. The zero-order valence-corrected chi connectivity index (χ0v) is 14.5. The van der Waals surface area contributed by atoms with Crippen LogP contribution in [0.1, 0.15) is 17.7 Å². The van der Waals surface area contributed by atoms with E-state index in [1.807, 2.05) is 12.1 Å². The van der Waals surface area contributed by atoms with Crippen molar-refractivity contribution >= 4 is 11.3 Å². The smallest absolute Gasteiger partial charge is 0.123 e. The number of rotatable bonds is 3. The van der Waals surface area contributed by atoms with Gasteiger partial charge in [0.05, 0.1) is 0 Å². The summed E-state index contributed by atoms with van der Waals surface area (Å²) in [5.41, 5.74) is 7.79. The summed E-state index contributed by atoms with van der Waals surface area (Å²) in [5, 5.41) is 0. The minimum atomic E-state index is -0.191. The molecule has 1 aromatic carbocycles. The van der Waals surface area contributed by atoms with Crippen molar-refractivity contribution in [1.82, 2.24) is 4.90 Å². The Kier molecular flexibility index (Phi) is 4.43. The van der Waals surface area contributed by atoms with Crippen molar-refractivity contribution in [3.63, 3.8) is 0 Å². The van der Waals surface area contributed by atoms with Gasteiger partial charge >= 0.3 is 0 Å². The van der Waals surface area contributed by atoms with Gasteiger partial charge in [-0.25, -0.2) is 4.39 Å². The Morgan fingerprint density at radius 2 is 1.92 bits per heavy atom. The monoisotopic (exact) mass is 346 g/mol. The lowest BCUT2D eigenvalue weighted by Gasteiger charge is -2.36. The second kappa shape index (κ2) is 6.56. The molecule has 0 saturated carbocycles. The predicted octanol–water partition coefficient (Wildman–Crippen LogP) is 3.49. The number of halogens is 1. The van der Waals surface area contributed by atoms with Crippen LogP contribution in [0.25, 0.3) is 10.4 Å². The molecule has 3 heterocycles. The first kappa shape index (κ1) is 16.2. The lowest BCUT2D eigenvalue weighted by Crippen LogP contribution is -2.44. The van der Waals surface area contributed by atoms with Crippen molar-refractivity contribution in [1.29, 1.82) is 0 Å². The van der Waals surface area contributed by atoms with Crippen LogP contribution in [0, 0.1) is 11.2 Å². The summed E-state index contributed by atoms with van der Waals surface area (Å²) >= 11 is 1.79. The standard InChI is InChI=1S/C19H23FN2OS/c20-15-3-1-14(2-4-15)17-6-5-16(24-17)11-22-12-18(21)19(13-22)7-9-23-10-8-19/h1-6,18H,7-13,21H2. The minimum absolute atomic E-state index is 0.191. The van der Waals surface area contributed by atoms with Gasteiger partial charge in [0.1, 0.15) is 5.82 Å². The maximum absolute atomic E-state index is 13.1. The summed E-state index contributed by atoms with van der Waals surface area (Å²) in [6, 6.07) is 11.3. The molecule has 128 valence electrons. The molecule has 2 saturated heterocycles. The van der Waals surface area contributed by atoms with Crippen molar-refractivity contribution in [2.45, 2.75) is 25.4 Å². The van der Waals surface area contributed by atoms with E-state index < -0.39 is 0 Å². The summed E-state index contributed by atoms with van der Waals surface area (Å²) < 4.78 is 18.6. The van der Waals surface area contributed by atoms with Gasteiger partial charge in [0.25, 0.3) is 0 Å². The Balaban J connectivity index is 1.44. The quantitative estimate of drug-likeness (QED) is 0.924. The van der Waals surface area contributed by atoms with Crippen LogP contribution in [0.4, 0.5) is 4.39 Å². The summed E-state index contributed by atoms with van der Waals surface area (Å²) in [4.78, 5) is 5.01. The van der Waals surface area contributed by atoms with E-state index in [9.17, 15) is 4.39 Å². The Hall–Kier alpha value is -1.27. The van der Waals surface area contributed by atoms with Gasteiger partial charge in [0.2, 0.25) is 0 Å². The minimum Gasteiger partial charge on any atom is -0.381 e. The van der Waals surface area contributed by atoms with E-state index in [4.69, 9.17) is 10.5 Å². The Labute approximate surface area is 146 Å².